The summed E-state index contributed by atoms with van der Waals surface area (Å²) in [7, 11) is 0. The van der Waals surface area contributed by atoms with Crippen molar-refractivity contribution in [2.75, 3.05) is 0 Å². The van der Waals surface area contributed by atoms with Crippen molar-refractivity contribution in [1.29, 1.82) is 0 Å². The van der Waals surface area contributed by atoms with Crippen molar-refractivity contribution in [2.45, 2.75) is 26.7 Å². The third kappa shape index (κ3) is 3.59. The molecule has 0 radical (unpaired) electrons. The first-order valence-electron chi connectivity index (χ1n) is 6.61. The van der Waals surface area contributed by atoms with Gasteiger partial charge in [0.05, 0.1) is 0 Å². The van der Waals surface area contributed by atoms with E-state index >= 15 is 0 Å². The van der Waals surface area contributed by atoms with Gasteiger partial charge in [-0.1, -0.05) is 79.6 Å². The first-order valence-corrected chi connectivity index (χ1v) is 6.61. The van der Waals surface area contributed by atoms with Gasteiger partial charge in [0.2, 0.25) is 0 Å². The van der Waals surface area contributed by atoms with Gasteiger partial charge in [0.25, 0.3) is 0 Å². The van der Waals surface area contributed by atoms with Crippen molar-refractivity contribution >= 4 is 12.2 Å². The predicted molar refractivity (Wildman–Crippen MR) is 80.5 cm³/mol. The van der Waals surface area contributed by atoms with Crippen LogP contribution < -0.4 is 0 Å². The largest absolute Gasteiger partial charge is 0.0651 e. The van der Waals surface area contributed by atoms with Crippen LogP contribution in [0.2, 0.25) is 0 Å². The smallest absolute Gasteiger partial charge is 0.0256 e. The molecule has 0 nitrogen and oxygen atoms in total. The lowest BCUT2D eigenvalue weighted by atomic mass is 10.1. The molecule has 0 N–H and O–H groups in total. The quantitative estimate of drug-likeness (QED) is 0.646. The fourth-order valence-corrected chi connectivity index (χ4v) is 1.95. The molecular formula is C18H20. The molecule has 2 rings (SSSR count). The van der Waals surface area contributed by atoms with E-state index in [1.807, 2.05) is 0 Å². The Hall–Kier alpha value is -1.82. The maximum absolute atomic E-state index is 2.22. The van der Waals surface area contributed by atoms with Gasteiger partial charge in [0, 0.05) is 0 Å². The third-order valence-electron chi connectivity index (χ3n) is 3.06. The number of hydrogen-bond donors (Lipinski definition) is 0. The average molecular weight is 236 g/mol. The van der Waals surface area contributed by atoms with E-state index in [9.17, 15) is 0 Å². The molecule has 0 fully saturated rings. The lowest BCUT2D eigenvalue weighted by Crippen LogP contribution is -1.82. The first-order chi connectivity index (χ1) is 8.78. The second kappa shape index (κ2) is 6.20. The second-order valence-corrected chi connectivity index (χ2v) is 4.74. The summed E-state index contributed by atoms with van der Waals surface area (Å²) in [4.78, 5) is 0. The molecule has 2 aromatic carbocycles. The highest BCUT2D eigenvalue weighted by Crippen LogP contribution is 2.11. The number of benzene rings is 2. The molecule has 0 saturated heterocycles. The molecule has 0 amide bonds. The van der Waals surface area contributed by atoms with Gasteiger partial charge in [-0.2, -0.15) is 0 Å². The summed E-state index contributed by atoms with van der Waals surface area (Å²) in [6.45, 7) is 4.32. The molecule has 2 aromatic rings. The standard InChI is InChI=1S/C18H20/c1-3-4-16-9-11-18(12-10-16)14-13-17-7-5-15(2)6-8-17/h5-14H,3-4H2,1-2H3. The van der Waals surface area contributed by atoms with E-state index in [4.69, 9.17) is 0 Å². The van der Waals surface area contributed by atoms with E-state index in [-0.39, 0.29) is 0 Å². The van der Waals surface area contributed by atoms with E-state index in [0.29, 0.717) is 0 Å². The summed E-state index contributed by atoms with van der Waals surface area (Å²) >= 11 is 0. The molecule has 0 atom stereocenters. The summed E-state index contributed by atoms with van der Waals surface area (Å²) < 4.78 is 0. The number of hydrogen-bond acceptors (Lipinski definition) is 0. The Bertz CT molecular complexity index is 501. The van der Waals surface area contributed by atoms with Gasteiger partial charge in [0.15, 0.2) is 0 Å². The van der Waals surface area contributed by atoms with Crippen LogP contribution in [0.4, 0.5) is 0 Å². The fourth-order valence-electron chi connectivity index (χ4n) is 1.95. The van der Waals surface area contributed by atoms with Crippen LogP contribution in [0.3, 0.4) is 0 Å². The molecule has 0 aliphatic rings. The Labute approximate surface area is 110 Å². The van der Waals surface area contributed by atoms with Gasteiger partial charge < -0.3 is 0 Å². The predicted octanol–water partition coefficient (Wildman–Crippen LogP) is 5.12. The molecular weight excluding hydrogens is 216 g/mol. The zero-order valence-corrected chi connectivity index (χ0v) is 11.2. The van der Waals surface area contributed by atoms with E-state index in [1.54, 1.807) is 0 Å². The Kier molecular flexibility index (Phi) is 4.35. The molecule has 0 aliphatic carbocycles. The van der Waals surface area contributed by atoms with E-state index < -0.39 is 0 Å². The maximum atomic E-state index is 2.22. The molecule has 0 bridgehead atoms. The third-order valence-corrected chi connectivity index (χ3v) is 3.06. The van der Waals surface area contributed by atoms with Gasteiger partial charge in [-0.25, -0.2) is 0 Å². The van der Waals surface area contributed by atoms with E-state index in [0.717, 1.165) is 0 Å². The van der Waals surface area contributed by atoms with E-state index in [1.165, 1.54) is 35.1 Å². The number of aryl methyl sites for hydroxylation is 2. The van der Waals surface area contributed by atoms with Crippen LogP contribution >= 0.6 is 0 Å². The normalized spacial score (nSPS) is 11.0. The molecule has 18 heavy (non-hydrogen) atoms. The van der Waals surface area contributed by atoms with Crippen LogP contribution in [0.25, 0.3) is 12.2 Å². The molecule has 0 saturated carbocycles. The Balaban J connectivity index is 2.06. The Morgan fingerprint density at radius 1 is 0.778 bits per heavy atom. The van der Waals surface area contributed by atoms with Gasteiger partial charge in [-0.05, 0) is 30.0 Å². The first kappa shape index (κ1) is 12.6. The highest BCUT2D eigenvalue weighted by atomic mass is 14.0. The highest BCUT2D eigenvalue weighted by Gasteiger charge is 1.91. The molecule has 0 aliphatic heterocycles. The molecule has 0 heteroatoms. The molecule has 0 unspecified atom stereocenters. The minimum atomic E-state index is 1.17. The van der Waals surface area contributed by atoms with Crippen molar-refractivity contribution in [2.24, 2.45) is 0 Å². The summed E-state index contributed by atoms with van der Waals surface area (Å²) in [6, 6.07) is 17.4. The van der Waals surface area contributed by atoms with Gasteiger partial charge in [-0.15, -0.1) is 0 Å². The average Bonchev–Trinajstić information content (AvgIpc) is 2.40. The van der Waals surface area contributed by atoms with Crippen LogP contribution in [0, 0.1) is 6.92 Å². The van der Waals surface area contributed by atoms with Crippen LogP contribution in [-0.2, 0) is 6.42 Å². The van der Waals surface area contributed by atoms with Crippen molar-refractivity contribution in [3.63, 3.8) is 0 Å². The number of rotatable bonds is 4. The van der Waals surface area contributed by atoms with Crippen LogP contribution in [0.15, 0.2) is 48.5 Å². The summed E-state index contributed by atoms with van der Waals surface area (Å²) in [6.07, 6.45) is 6.70. The van der Waals surface area contributed by atoms with Crippen molar-refractivity contribution < 1.29 is 0 Å². The molecule has 0 spiro atoms. The van der Waals surface area contributed by atoms with Crippen LogP contribution in [0.1, 0.15) is 35.6 Å². The molecule has 0 aromatic heterocycles. The lowest BCUT2D eigenvalue weighted by molar-refractivity contribution is 0.922. The summed E-state index contributed by atoms with van der Waals surface area (Å²) in [5.74, 6) is 0. The van der Waals surface area contributed by atoms with Gasteiger partial charge in [-0.3, -0.25) is 0 Å². The topological polar surface area (TPSA) is 0 Å². The SMILES string of the molecule is CCCc1ccc(C=Cc2ccc(C)cc2)cc1. The molecule has 0 heterocycles. The Morgan fingerprint density at radius 2 is 1.28 bits per heavy atom. The monoisotopic (exact) mass is 236 g/mol. The lowest BCUT2D eigenvalue weighted by Gasteiger charge is -1.99. The second-order valence-electron chi connectivity index (χ2n) is 4.74. The van der Waals surface area contributed by atoms with Crippen LogP contribution in [-0.4, -0.2) is 0 Å². The van der Waals surface area contributed by atoms with Crippen molar-refractivity contribution in [3.05, 3.63) is 70.8 Å². The summed E-state index contributed by atoms with van der Waals surface area (Å²) in [5.41, 5.74) is 5.23. The zero-order valence-electron chi connectivity index (χ0n) is 11.2. The fraction of sp³-hybridized carbons (Fsp3) is 0.222. The minimum Gasteiger partial charge on any atom is -0.0651 e. The van der Waals surface area contributed by atoms with Crippen molar-refractivity contribution in [3.8, 4) is 0 Å². The van der Waals surface area contributed by atoms with Crippen LogP contribution in [0.5, 0.6) is 0 Å². The minimum absolute atomic E-state index is 1.17. The van der Waals surface area contributed by atoms with Gasteiger partial charge in [0.1, 0.15) is 0 Å². The maximum Gasteiger partial charge on any atom is -0.0256 e. The van der Waals surface area contributed by atoms with Gasteiger partial charge >= 0.3 is 0 Å². The Morgan fingerprint density at radius 3 is 1.78 bits per heavy atom. The van der Waals surface area contributed by atoms with Crippen molar-refractivity contribution in [1.82, 2.24) is 0 Å². The van der Waals surface area contributed by atoms with E-state index in [2.05, 4.69) is 74.5 Å². The molecule has 92 valence electrons. The zero-order chi connectivity index (χ0) is 12.8. The highest BCUT2D eigenvalue weighted by molar-refractivity contribution is 5.69. The summed E-state index contributed by atoms with van der Waals surface area (Å²) in [5, 5.41) is 0.